The van der Waals surface area contributed by atoms with Crippen LogP contribution in [0.25, 0.3) is 0 Å². The first-order chi connectivity index (χ1) is 9.46. The SMILES string of the molecule is CSc1nc(NC2CCCCC2)nc(NC(C)(C)C)n1. The van der Waals surface area contributed by atoms with Crippen LogP contribution in [0.5, 0.6) is 0 Å². The highest BCUT2D eigenvalue weighted by Gasteiger charge is 2.17. The number of nitrogens with one attached hydrogen (secondary N) is 2. The predicted molar refractivity (Wildman–Crippen MR) is 85.5 cm³/mol. The minimum absolute atomic E-state index is 0.0564. The lowest BCUT2D eigenvalue weighted by Crippen LogP contribution is -2.28. The van der Waals surface area contributed by atoms with E-state index in [1.54, 1.807) is 11.8 Å². The molecule has 2 N–H and O–H groups in total. The van der Waals surface area contributed by atoms with Gasteiger partial charge >= 0.3 is 0 Å². The van der Waals surface area contributed by atoms with E-state index in [0.717, 1.165) is 5.16 Å². The number of hydrogen-bond donors (Lipinski definition) is 2. The standard InChI is InChI=1S/C14H25N5S/c1-14(2,3)19-12-16-11(17-13(18-12)20-4)15-10-8-6-5-7-9-10/h10H,5-9H2,1-4H3,(H2,15,16,17,18,19). The van der Waals surface area contributed by atoms with Crippen molar-refractivity contribution in [3.05, 3.63) is 0 Å². The summed E-state index contributed by atoms with van der Waals surface area (Å²) in [6.07, 6.45) is 8.35. The van der Waals surface area contributed by atoms with E-state index in [0.29, 0.717) is 17.9 Å². The molecule has 1 heterocycles. The molecule has 0 aromatic carbocycles. The second kappa shape index (κ2) is 6.61. The van der Waals surface area contributed by atoms with Crippen LogP contribution in [0.2, 0.25) is 0 Å². The van der Waals surface area contributed by atoms with Crippen LogP contribution < -0.4 is 10.6 Å². The Morgan fingerprint density at radius 3 is 2.25 bits per heavy atom. The Bertz CT molecular complexity index is 438. The summed E-state index contributed by atoms with van der Waals surface area (Å²) >= 11 is 1.54. The molecule has 2 rings (SSSR count). The third-order valence-electron chi connectivity index (χ3n) is 3.22. The molecular weight excluding hydrogens is 270 g/mol. The normalized spacial score (nSPS) is 17.0. The summed E-state index contributed by atoms with van der Waals surface area (Å²) in [6, 6.07) is 0.503. The van der Waals surface area contributed by atoms with Crippen molar-refractivity contribution in [1.29, 1.82) is 0 Å². The lowest BCUT2D eigenvalue weighted by atomic mass is 9.96. The van der Waals surface area contributed by atoms with E-state index in [9.17, 15) is 0 Å². The Balaban J connectivity index is 2.12. The maximum atomic E-state index is 4.50. The number of anilines is 2. The van der Waals surface area contributed by atoms with Crippen molar-refractivity contribution >= 4 is 23.7 Å². The molecule has 0 unspecified atom stereocenters. The van der Waals surface area contributed by atoms with E-state index in [1.165, 1.54) is 32.1 Å². The average molecular weight is 295 g/mol. The van der Waals surface area contributed by atoms with Gasteiger partial charge in [-0.05, 0) is 39.9 Å². The van der Waals surface area contributed by atoms with Gasteiger partial charge in [0.2, 0.25) is 11.9 Å². The minimum atomic E-state index is -0.0564. The molecule has 5 nitrogen and oxygen atoms in total. The summed E-state index contributed by atoms with van der Waals surface area (Å²) in [5.41, 5.74) is -0.0564. The molecule has 0 saturated heterocycles. The van der Waals surface area contributed by atoms with Crippen molar-refractivity contribution in [1.82, 2.24) is 15.0 Å². The van der Waals surface area contributed by atoms with Gasteiger partial charge < -0.3 is 10.6 Å². The topological polar surface area (TPSA) is 62.7 Å². The van der Waals surface area contributed by atoms with Crippen molar-refractivity contribution in [3.63, 3.8) is 0 Å². The Labute approximate surface area is 125 Å². The van der Waals surface area contributed by atoms with Gasteiger partial charge in [0.1, 0.15) is 0 Å². The molecule has 1 aliphatic rings. The molecule has 1 saturated carbocycles. The van der Waals surface area contributed by atoms with Gasteiger partial charge in [0.05, 0.1) is 0 Å². The Morgan fingerprint density at radius 1 is 1.00 bits per heavy atom. The van der Waals surface area contributed by atoms with E-state index in [-0.39, 0.29) is 5.54 Å². The molecule has 1 aliphatic carbocycles. The van der Waals surface area contributed by atoms with Gasteiger partial charge in [0.25, 0.3) is 0 Å². The first-order valence-corrected chi connectivity index (χ1v) is 8.53. The molecule has 0 spiro atoms. The van der Waals surface area contributed by atoms with E-state index >= 15 is 0 Å². The number of rotatable bonds is 4. The molecule has 1 aromatic heterocycles. The van der Waals surface area contributed by atoms with Crippen molar-refractivity contribution in [2.45, 2.75) is 69.6 Å². The first-order valence-electron chi connectivity index (χ1n) is 7.31. The van der Waals surface area contributed by atoms with Crippen molar-refractivity contribution in [2.75, 3.05) is 16.9 Å². The second-order valence-electron chi connectivity index (χ2n) is 6.32. The van der Waals surface area contributed by atoms with Crippen molar-refractivity contribution < 1.29 is 0 Å². The smallest absolute Gasteiger partial charge is 0.228 e. The monoisotopic (exact) mass is 295 g/mol. The van der Waals surface area contributed by atoms with E-state index in [4.69, 9.17) is 0 Å². The van der Waals surface area contributed by atoms with Gasteiger partial charge in [-0.25, -0.2) is 0 Å². The third kappa shape index (κ3) is 4.81. The fourth-order valence-corrected chi connectivity index (χ4v) is 2.69. The van der Waals surface area contributed by atoms with Crippen LogP contribution in [-0.2, 0) is 0 Å². The minimum Gasteiger partial charge on any atom is -0.351 e. The fourth-order valence-electron chi connectivity index (χ4n) is 2.33. The van der Waals surface area contributed by atoms with Crippen molar-refractivity contribution in [2.24, 2.45) is 0 Å². The lowest BCUT2D eigenvalue weighted by molar-refractivity contribution is 0.460. The first kappa shape index (κ1) is 15.4. The van der Waals surface area contributed by atoms with Crippen LogP contribution >= 0.6 is 11.8 Å². The Kier molecular flexibility index (Phi) is 5.07. The van der Waals surface area contributed by atoms with Crippen molar-refractivity contribution in [3.8, 4) is 0 Å². The highest BCUT2D eigenvalue weighted by molar-refractivity contribution is 7.98. The maximum Gasteiger partial charge on any atom is 0.228 e. The zero-order chi connectivity index (χ0) is 14.6. The summed E-state index contributed by atoms with van der Waals surface area (Å²) in [6.45, 7) is 6.30. The molecule has 0 atom stereocenters. The summed E-state index contributed by atoms with van der Waals surface area (Å²) in [5, 5.41) is 7.54. The molecule has 112 valence electrons. The van der Waals surface area contributed by atoms with Gasteiger partial charge in [-0.1, -0.05) is 31.0 Å². The van der Waals surface area contributed by atoms with E-state index in [1.807, 2.05) is 6.26 Å². The molecule has 1 aromatic rings. The van der Waals surface area contributed by atoms with Crippen LogP contribution in [0.1, 0.15) is 52.9 Å². The molecule has 0 bridgehead atoms. The molecule has 0 amide bonds. The van der Waals surface area contributed by atoms with Crippen LogP contribution in [0, 0.1) is 0 Å². The highest BCUT2D eigenvalue weighted by Crippen LogP contribution is 2.22. The zero-order valence-corrected chi connectivity index (χ0v) is 13.7. The number of thioether (sulfide) groups is 1. The largest absolute Gasteiger partial charge is 0.351 e. The maximum absolute atomic E-state index is 4.50. The lowest BCUT2D eigenvalue weighted by Gasteiger charge is -2.24. The molecule has 0 aliphatic heterocycles. The third-order valence-corrected chi connectivity index (χ3v) is 3.77. The van der Waals surface area contributed by atoms with E-state index < -0.39 is 0 Å². The predicted octanol–water partition coefficient (Wildman–Crippen LogP) is 3.55. The molecular formula is C14H25N5S. The summed E-state index contributed by atoms with van der Waals surface area (Å²) < 4.78 is 0. The van der Waals surface area contributed by atoms with Crippen LogP contribution in [0.4, 0.5) is 11.9 Å². The second-order valence-corrected chi connectivity index (χ2v) is 7.10. The van der Waals surface area contributed by atoms with Crippen LogP contribution in [-0.4, -0.2) is 32.8 Å². The van der Waals surface area contributed by atoms with Gasteiger partial charge in [-0.15, -0.1) is 0 Å². The number of nitrogens with zero attached hydrogens (tertiary/aromatic N) is 3. The number of aromatic nitrogens is 3. The molecule has 6 heteroatoms. The van der Waals surface area contributed by atoms with Crippen LogP contribution in [0.15, 0.2) is 5.16 Å². The highest BCUT2D eigenvalue weighted by atomic mass is 32.2. The molecule has 0 radical (unpaired) electrons. The summed E-state index contributed by atoms with van der Waals surface area (Å²) in [7, 11) is 0. The Hall–Kier alpha value is -1.04. The number of hydrogen-bond acceptors (Lipinski definition) is 6. The van der Waals surface area contributed by atoms with Gasteiger partial charge in [-0.2, -0.15) is 15.0 Å². The van der Waals surface area contributed by atoms with Gasteiger partial charge in [0, 0.05) is 11.6 Å². The molecule has 1 fully saturated rings. The van der Waals surface area contributed by atoms with Gasteiger partial charge in [-0.3, -0.25) is 0 Å². The zero-order valence-electron chi connectivity index (χ0n) is 12.9. The summed E-state index contributed by atoms with van der Waals surface area (Å²) in [5.74, 6) is 1.35. The van der Waals surface area contributed by atoms with E-state index in [2.05, 4.69) is 46.4 Å². The molecule has 20 heavy (non-hydrogen) atoms. The summed E-state index contributed by atoms with van der Waals surface area (Å²) in [4.78, 5) is 13.4. The fraction of sp³-hybridized carbons (Fsp3) is 0.786. The quantitative estimate of drug-likeness (QED) is 0.828. The van der Waals surface area contributed by atoms with Crippen LogP contribution in [0.3, 0.4) is 0 Å². The van der Waals surface area contributed by atoms with Gasteiger partial charge in [0.15, 0.2) is 5.16 Å². The average Bonchev–Trinajstić information content (AvgIpc) is 2.37. The Morgan fingerprint density at radius 2 is 1.65 bits per heavy atom.